The van der Waals surface area contributed by atoms with Gasteiger partial charge in [-0.05, 0) is 23.1 Å². The first-order chi connectivity index (χ1) is 11.8. The van der Waals surface area contributed by atoms with E-state index < -0.39 is 0 Å². The second-order valence-corrected chi connectivity index (χ2v) is 6.24. The minimum absolute atomic E-state index is 0.188. The summed E-state index contributed by atoms with van der Waals surface area (Å²) in [4.78, 5) is 25.1. The molecular weight excluding hydrogens is 320 g/mol. The van der Waals surface area contributed by atoms with E-state index in [1.54, 1.807) is 17.5 Å². The van der Waals surface area contributed by atoms with Crippen molar-refractivity contribution in [2.24, 2.45) is 0 Å². The Morgan fingerprint density at radius 2 is 1.96 bits per heavy atom. The number of fused-ring (bicyclic) bond motifs is 1. The van der Waals surface area contributed by atoms with Crippen LogP contribution in [0.15, 0.2) is 64.9 Å². The van der Waals surface area contributed by atoms with Gasteiger partial charge in [0.25, 0.3) is 5.56 Å². The number of aromatic nitrogens is 3. The van der Waals surface area contributed by atoms with E-state index in [0.717, 1.165) is 16.0 Å². The Bertz CT molecular complexity index is 1030. The second-order valence-electron chi connectivity index (χ2n) is 5.29. The number of thiophene rings is 1. The number of anilines is 1. The molecule has 0 spiro atoms. The lowest BCUT2D eigenvalue weighted by molar-refractivity contribution is 1.05. The standard InChI is InChI=1S/C18H14N4OS/c23-17-15-13(14-7-4-10-24-14)8-9-19-16(15)21-18(22-17)20-11-12-5-2-1-3-6-12/h1-10H,11H2,(H2,19,20,21,22,23). The number of rotatable bonds is 4. The van der Waals surface area contributed by atoms with E-state index in [2.05, 4.69) is 20.3 Å². The number of nitrogens with one attached hydrogen (secondary N) is 2. The van der Waals surface area contributed by atoms with Crippen molar-refractivity contribution < 1.29 is 0 Å². The highest BCUT2D eigenvalue weighted by atomic mass is 32.1. The maximum absolute atomic E-state index is 12.6. The quantitative estimate of drug-likeness (QED) is 0.597. The first-order valence-electron chi connectivity index (χ1n) is 7.52. The first kappa shape index (κ1) is 14.6. The fraction of sp³-hybridized carbons (Fsp3) is 0.0556. The molecular formula is C18H14N4OS. The van der Waals surface area contributed by atoms with Gasteiger partial charge in [-0.3, -0.25) is 9.78 Å². The highest BCUT2D eigenvalue weighted by Crippen LogP contribution is 2.28. The van der Waals surface area contributed by atoms with Crippen LogP contribution in [0, 0.1) is 0 Å². The summed E-state index contributed by atoms with van der Waals surface area (Å²) in [5.41, 5.74) is 2.23. The number of benzene rings is 1. The number of aromatic amines is 1. The number of hydrogen-bond donors (Lipinski definition) is 2. The third kappa shape index (κ3) is 2.79. The number of hydrogen-bond acceptors (Lipinski definition) is 5. The average Bonchev–Trinajstić information content (AvgIpc) is 3.15. The van der Waals surface area contributed by atoms with Crippen molar-refractivity contribution in [1.82, 2.24) is 15.0 Å². The molecule has 0 amide bonds. The largest absolute Gasteiger partial charge is 0.352 e. The monoisotopic (exact) mass is 334 g/mol. The molecule has 0 unspecified atom stereocenters. The van der Waals surface area contributed by atoms with Gasteiger partial charge in [0.15, 0.2) is 5.65 Å². The van der Waals surface area contributed by atoms with Crippen LogP contribution in [0.4, 0.5) is 5.95 Å². The molecule has 0 aliphatic carbocycles. The average molecular weight is 334 g/mol. The third-order valence-corrected chi connectivity index (χ3v) is 4.60. The summed E-state index contributed by atoms with van der Waals surface area (Å²) in [6.45, 7) is 0.583. The van der Waals surface area contributed by atoms with Crippen LogP contribution in [-0.2, 0) is 6.54 Å². The van der Waals surface area contributed by atoms with Crippen LogP contribution in [0.25, 0.3) is 21.5 Å². The molecule has 0 bridgehead atoms. The number of pyridine rings is 1. The van der Waals surface area contributed by atoms with Crippen molar-refractivity contribution in [3.05, 3.63) is 76.0 Å². The maximum atomic E-state index is 12.6. The molecule has 3 aromatic heterocycles. The molecule has 6 heteroatoms. The summed E-state index contributed by atoms with van der Waals surface area (Å²) in [7, 11) is 0. The van der Waals surface area contributed by atoms with Gasteiger partial charge in [0.05, 0.1) is 5.39 Å². The predicted octanol–water partition coefficient (Wildman–Crippen LogP) is 3.66. The fourth-order valence-corrected chi connectivity index (χ4v) is 3.32. The smallest absolute Gasteiger partial charge is 0.262 e. The highest BCUT2D eigenvalue weighted by molar-refractivity contribution is 7.13. The Balaban J connectivity index is 1.72. The van der Waals surface area contributed by atoms with Gasteiger partial charge >= 0.3 is 0 Å². The van der Waals surface area contributed by atoms with Crippen LogP contribution in [0.5, 0.6) is 0 Å². The van der Waals surface area contributed by atoms with Gasteiger partial charge in [0, 0.05) is 23.2 Å². The molecule has 0 aliphatic heterocycles. The second kappa shape index (κ2) is 6.25. The van der Waals surface area contributed by atoms with Crippen LogP contribution in [0.3, 0.4) is 0 Å². The van der Waals surface area contributed by atoms with Crippen LogP contribution >= 0.6 is 11.3 Å². The minimum Gasteiger partial charge on any atom is -0.352 e. The molecule has 1 aromatic carbocycles. The minimum atomic E-state index is -0.188. The summed E-state index contributed by atoms with van der Waals surface area (Å²) in [6, 6.07) is 15.7. The Morgan fingerprint density at radius 3 is 2.75 bits per heavy atom. The van der Waals surface area contributed by atoms with Gasteiger partial charge < -0.3 is 5.32 Å². The molecule has 0 radical (unpaired) electrons. The van der Waals surface area contributed by atoms with E-state index in [-0.39, 0.29) is 5.56 Å². The zero-order valence-electron chi connectivity index (χ0n) is 12.7. The van der Waals surface area contributed by atoms with E-state index in [0.29, 0.717) is 23.5 Å². The lowest BCUT2D eigenvalue weighted by Crippen LogP contribution is -2.14. The van der Waals surface area contributed by atoms with Gasteiger partial charge in [-0.25, -0.2) is 4.98 Å². The summed E-state index contributed by atoms with van der Waals surface area (Å²) in [5, 5.41) is 5.65. The molecule has 5 nitrogen and oxygen atoms in total. The Hall–Kier alpha value is -2.99. The van der Waals surface area contributed by atoms with Crippen LogP contribution in [0.1, 0.15) is 5.56 Å². The summed E-state index contributed by atoms with van der Waals surface area (Å²) in [6.07, 6.45) is 1.69. The summed E-state index contributed by atoms with van der Waals surface area (Å²) in [5.74, 6) is 0.423. The van der Waals surface area contributed by atoms with Crippen molar-refractivity contribution in [3.8, 4) is 10.4 Å². The van der Waals surface area contributed by atoms with Crippen molar-refractivity contribution in [3.63, 3.8) is 0 Å². The molecule has 0 saturated carbocycles. The topological polar surface area (TPSA) is 70.7 Å². The lowest BCUT2D eigenvalue weighted by Gasteiger charge is -2.07. The number of H-pyrrole nitrogens is 1. The molecule has 24 heavy (non-hydrogen) atoms. The van der Waals surface area contributed by atoms with E-state index in [4.69, 9.17) is 0 Å². The molecule has 4 aromatic rings. The molecule has 3 heterocycles. The van der Waals surface area contributed by atoms with E-state index in [1.165, 1.54) is 0 Å². The fourth-order valence-electron chi connectivity index (χ4n) is 2.57. The van der Waals surface area contributed by atoms with Crippen molar-refractivity contribution in [2.75, 3.05) is 5.32 Å². The van der Waals surface area contributed by atoms with Gasteiger partial charge in [0.2, 0.25) is 5.95 Å². The van der Waals surface area contributed by atoms with E-state index >= 15 is 0 Å². The van der Waals surface area contributed by atoms with E-state index in [1.807, 2.05) is 53.9 Å². The lowest BCUT2D eigenvalue weighted by atomic mass is 10.1. The van der Waals surface area contributed by atoms with Crippen molar-refractivity contribution in [1.29, 1.82) is 0 Å². The first-order valence-corrected chi connectivity index (χ1v) is 8.40. The number of nitrogens with zero attached hydrogens (tertiary/aromatic N) is 2. The molecule has 0 fully saturated rings. The van der Waals surface area contributed by atoms with E-state index in [9.17, 15) is 4.79 Å². The highest BCUT2D eigenvalue weighted by Gasteiger charge is 2.11. The van der Waals surface area contributed by atoms with Gasteiger partial charge in [-0.2, -0.15) is 4.98 Å². The molecule has 118 valence electrons. The normalized spacial score (nSPS) is 10.8. The molecule has 4 rings (SSSR count). The zero-order chi connectivity index (χ0) is 16.4. The van der Waals surface area contributed by atoms with Crippen molar-refractivity contribution in [2.45, 2.75) is 6.54 Å². The zero-order valence-corrected chi connectivity index (χ0v) is 13.5. The van der Waals surface area contributed by atoms with Gasteiger partial charge in [-0.15, -0.1) is 11.3 Å². The van der Waals surface area contributed by atoms with Crippen molar-refractivity contribution >= 4 is 28.3 Å². The molecule has 0 aliphatic rings. The van der Waals surface area contributed by atoms with Gasteiger partial charge in [-0.1, -0.05) is 36.4 Å². The summed E-state index contributed by atoms with van der Waals surface area (Å²) >= 11 is 1.59. The Labute approximate surface area is 142 Å². The van der Waals surface area contributed by atoms with Gasteiger partial charge in [0.1, 0.15) is 0 Å². The maximum Gasteiger partial charge on any atom is 0.262 e. The summed E-state index contributed by atoms with van der Waals surface area (Å²) < 4.78 is 0. The molecule has 0 saturated heterocycles. The van der Waals surface area contributed by atoms with Crippen LogP contribution in [-0.4, -0.2) is 15.0 Å². The van der Waals surface area contributed by atoms with Crippen LogP contribution < -0.4 is 10.9 Å². The predicted molar refractivity (Wildman–Crippen MR) is 97.2 cm³/mol. The molecule has 2 N–H and O–H groups in total. The SMILES string of the molecule is O=c1[nH]c(NCc2ccccc2)nc2nccc(-c3cccs3)c12. The van der Waals surface area contributed by atoms with Crippen LogP contribution in [0.2, 0.25) is 0 Å². The Morgan fingerprint density at radius 1 is 1.08 bits per heavy atom. The molecule has 0 atom stereocenters. The third-order valence-electron chi connectivity index (χ3n) is 3.70. The Kier molecular flexibility index (Phi) is 3.80.